The summed E-state index contributed by atoms with van der Waals surface area (Å²) in [4.78, 5) is 15.5. The molecule has 0 unspecified atom stereocenters. The van der Waals surface area contributed by atoms with Crippen LogP contribution in [0.1, 0.15) is 27.0 Å². The number of benzene rings is 3. The monoisotopic (exact) mass is 356 g/mol. The first kappa shape index (κ1) is 16.7. The lowest BCUT2D eigenvalue weighted by Gasteiger charge is -2.07. The second-order valence-corrected chi connectivity index (χ2v) is 6.28. The Hall–Kier alpha value is -3.78. The number of H-pyrrole nitrogens is 1. The normalized spacial score (nSPS) is 10.8. The number of nitrogens with one attached hydrogen (secondary N) is 1. The number of phenolic OH excluding ortho intramolecular Hbond substituents is 1. The number of hydrogen-bond acceptors (Lipinski definition) is 4. The van der Waals surface area contributed by atoms with Crippen LogP contribution in [0.5, 0.6) is 5.75 Å². The van der Waals surface area contributed by atoms with Gasteiger partial charge in [-0.25, -0.2) is 4.79 Å². The third-order valence-corrected chi connectivity index (χ3v) is 4.77. The number of nitrogens with zero attached hydrogens (tertiary/aromatic N) is 1. The number of aromatic nitrogens is 1. The van der Waals surface area contributed by atoms with Crippen LogP contribution in [-0.4, -0.2) is 23.2 Å². The number of aromatic amines is 1. The van der Waals surface area contributed by atoms with Crippen molar-refractivity contribution in [2.75, 3.05) is 7.11 Å². The molecule has 0 amide bonds. The largest absolute Gasteiger partial charge is 0.507 e. The minimum absolute atomic E-state index is 0.0879. The van der Waals surface area contributed by atoms with E-state index in [0.29, 0.717) is 28.3 Å². The quantitative estimate of drug-likeness (QED) is 0.537. The van der Waals surface area contributed by atoms with Crippen molar-refractivity contribution in [3.8, 4) is 11.8 Å². The molecule has 0 saturated carbocycles. The van der Waals surface area contributed by atoms with Crippen LogP contribution in [0.2, 0.25) is 0 Å². The first-order chi connectivity index (χ1) is 13.1. The van der Waals surface area contributed by atoms with Crippen LogP contribution in [0.3, 0.4) is 0 Å². The summed E-state index contributed by atoms with van der Waals surface area (Å²) >= 11 is 0. The van der Waals surface area contributed by atoms with Crippen LogP contribution >= 0.6 is 0 Å². The van der Waals surface area contributed by atoms with Gasteiger partial charge in [-0.05, 0) is 35.4 Å². The fourth-order valence-electron chi connectivity index (χ4n) is 3.51. The number of methoxy groups -OCH3 is 1. The minimum Gasteiger partial charge on any atom is -0.507 e. The summed E-state index contributed by atoms with van der Waals surface area (Å²) in [6, 6.07) is 18.4. The Kier molecular flexibility index (Phi) is 4.02. The van der Waals surface area contributed by atoms with Crippen LogP contribution in [-0.2, 0) is 11.2 Å². The Morgan fingerprint density at radius 2 is 1.89 bits per heavy atom. The standard InChI is InChI=1S/C22H16N2O3/c1-27-22(26)16-7-4-8-17-19(16)20-18(25)10-9-14(21(20)24-17)11-13-5-2-3-6-15(13)12-23/h2-10,24-25H,11H2,1H3. The molecule has 0 aliphatic heterocycles. The molecule has 1 aromatic heterocycles. The van der Waals surface area contributed by atoms with Gasteiger partial charge in [0.1, 0.15) is 5.75 Å². The van der Waals surface area contributed by atoms with E-state index < -0.39 is 5.97 Å². The highest BCUT2D eigenvalue weighted by molar-refractivity contribution is 6.19. The molecule has 27 heavy (non-hydrogen) atoms. The summed E-state index contributed by atoms with van der Waals surface area (Å²) < 4.78 is 4.89. The number of fused-ring (bicyclic) bond motifs is 3. The Morgan fingerprint density at radius 3 is 2.67 bits per heavy atom. The van der Waals surface area contributed by atoms with E-state index in [0.717, 1.165) is 22.2 Å². The third kappa shape index (κ3) is 2.68. The van der Waals surface area contributed by atoms with Crippen LogP contribution in [0.15, 0.2) is 54.6 Å². The summed E-state index contributed by atoms with van der Waals surface area (Å²) in [6.45, 7) is 0. The molecular formula is C22H16N2O3. The molecule has 0 spiro atoms. The highest BCUT2D eigenvalue weighted by Gasteiger charge is 2.19. The average molecular weight is 356 g/mol. The molecule has 0 aliphatic carbocycles. The lowest BCUT2D eigenvalue weighted by Crippen LogP contribution is -2.01. The smallest absolute Gasteiger partial charge is 0.338 e. The predicted molar refractivity (Wildman–Crippen MR) is 103 cm³/mol. The molecule has 0 bridgehead atoms. The van der Waals surface area contributed by atoms with E-state index >= 15 is 0 Å². The van der Waals surface area contributed by atoms with Gasteiger partial charge >= 0.3 is 5.97 Å². The Bertz CT molecular complexity index is 1230. The lowest BCUT2D eigenvalue weighted by atomic mass is 9.97. The van der Waals surface area contributed by atoms with E-state index in [-0.39, 0.29) is 5.75 Å². The zero-order chi connectivity index (χ0) is 19.0. The molecule has 0 fully saturated rings. The maximum absolute atomic E-state index is 12.2. The van der Waals surface area contributed by atoms with Crippen LogP contribution in [0, 0.1) is 11.3 Å². The zero-order valence-electron chi connectivity index (χ0n) is 14.6. The van der Waals surface area contributed by atoms with Crippen molar-refractivity contribution < 1.29 is 14.6 Å². The van der Waals surface area contributed by atoms with E-state index in [9.17, 15) is 15.2 Å². The van der Waals surface area contributed by atoms with E-state index in [2.05, 4.69) is 11.1 Å². The molecular weight excluding hydrogens is 340 g/mol. The van der Waals surface area contributed by atoms with Crippen molar-refractivity contribution in [2.24, 2.45) is 0 Å². The van der Waals surface area contributed by atoms with Gasteiger partial charge in [-0.3, -0.25) is 0 Å². The van der Waals surface area contributed by atoms with Gasteiger partial charge < -0.3 is 14.8 Å². The van der Waals surface area contributed by atoms with E-state index in [1.54, 1.807) is 24.3 Å². The second kappa shape index (κ2) is 6.50. The van der Waals surface area contributed by atoms with E-state index in [1.165, 1.54) is 7.11 Å². The molecule has 4 aromatic rings. The van der Waals surface area contributed by atoms with Gasteiger partial charge in [0.05, 0.1) is 35.2 Å². The summed E-state index contributed by atoms with van der Waals surface area (Å²) in [5.41, 5.74) is 4.32. The third-order valence-electron chi connectivity index (χ3n) is 4.77. The number of esters is 1. The van der Waals surface area contributed by atoms with Crippen molar-refractivity contribution in [1.29, 1.82) is 5.26 Å². The maximum Gasteiger partial charge on any atom is 0.338 e. The number of carbonyl (C=O) groups is 1. The van der Waals surface area contributed by atoms with Crippen LogP contribution < -0.4 is 0 Å². The number of nitriles is 1. The summed E-state index contributed by atoms with van der Waals surface area (Å²) in [5.74, 6) is -0.369. The number of hydrogen-bond donors (Lipinski definition) is 2. The van der Waals surface area contributed by atoms with Gasteiger partial charge in [-0.15, -0.1) is 0 Å². The minimum atomic E-state index is -0.457. The van der Waals surface area contributed by atoms with Gasteiger partial charge in [0, 0.05) is 17.3 Å². The van der Waals surface area contributed by atoms with E-state index in [1.807, 2.05) is 30.3 Å². The van der Waals surface area contributed by atoms with E-state index in [4.69, 9.17) is 4.74 Å². The van der Waals surface area contributed by atoms with Crippen molar-refractivity contribution in [1.82, 2.24) is 4.98 Å². The topological polar surface area (TPSA) is 86.1 Å². The molecule has 5 nitrogen and oxygen atoms in total. The molecule has 5 heteroatoms. The molecule has 3 aromatic carbocycles. The first-order valence-electron chi connectivity index (χ1n) is 8.45. The number of phenols is 1. The second-order valence-electron chi connectivity index (χ2n) is 6.28. The Morgan fingerprint density at radius 1 is 1.07 bits per heavy atom. The van der Waals surface area contributed by atoms with Gasteiger partial charge in [-0.2, -0.15) is 5.26 Å². The van der Waals surface area contributed by atoms with Crippen molar-refractivity contribution in [2.45, 2.75) is 6.42 Å². The van der Waals surface area contributed by atoms with Crippen LogP contribution in [0.4, 0.5) is 0 Å². The molecule has 132 valence electrons. The summed E-state index contributed by atoms with van der Waals surface area (Å²) in [6.07, 6.45) is 0.529. The summed E-state index contributed by atoms with van der Waals surface area (Å²) in [5, 5.41) is 21.1. The molecule has 4 rings (SSSR count). The highest BCUT2D eigenvalue weighted by Crippen LogP contribution is 2.37. The number of rotatable bonds is 3. The number of aromatic hydroxyl groups is 1. The Labute approximate surface area is 155 Å². The maximum atomic E-state index is 12.2. The average Bonchev–Trinajstić information content (AvgIpc) is 3.10. The fraction of sp³-hybridized carbons (Fsp3) is 0.0909. The molecule has 0 atom stereocenters. The van der Waals surface area contributed by atoms with Gasteiger partial charge in [0.2, 0.25) is 0 Å². The lowest BCUT2D eigenvalue weighted by molar-refractivity contribution is 0.0603. The molecule has 0 radical (unpaired) electrons. The molecule has 0 saturated heterocycles. The van der Waals surface area contributed by atoms with Crippen molar-refractivity contribution >= 4 is 27.8 Å². The fourth-order valence-corrected chi connectivity index (χ4v) is 3.51. The zero-order valence-corrected chi connectivity index (χ0v) is 14.6. The van der Waals surface area contributed by atoms with Crippen LogP contribution in [0.25, 0.3) is 21.8 Å². The number of ether oxygens (including phenoxy) is 1. The molecule has 2 N–H and O–H groups in total. The Balaban J connectivity index is 1.98. The van der Waals surface area contributed by atoms with Gasteiger partial charge in [-0.1, -0.05) is 30.3 Å². The van der Waals surface area contributed by atoms with Crippen molar-refractivity contribution in [3.05, 3.63) is 76.9 Å². The SMILES string of the molecule is COC(=O)c1cccc2[nH]c3c(Cc4ccccc4C#N)ccc(O)c3c12. The molecule has 0 aliphatic rings. The number of carbonyl (C=O) groups excluding carboxylic acids is 1. The van der Waals surface area contributed by atoms with Gasteiger partial charge in [0.25, 0.3) is 0 Å². The first-order valence-corrected chi connectivity index (χ1v) is 8.45. The molecule has 1 heterocycles. The van der Waals surface area contributed by atoms with Crippen molar-refractivity contribution in [3.63, 3.8) is 0 Å². The summed E-state index contributed by atoms with van der Waals surface area (Å²) in [7, 11) is 1.33. The highest BCUT2D eigenvalue weighted by atomic mass is 16.5. The van der Waals surface area contributed by atoms with Gasteiger partial charge in [0.15, 0.2) is 0 Å². The predicted octanol–water partition coefficient (Wildman–Crippen LogP) is 4.28.